The number of nitrogens with two attached hydrogens (primary N) is 1. The largest absolute Gasteiger partial charge is 0.271 e. The van der Waals surface area contributed by atoms with E-state index in [9.17, 15) is 8.78 Å². The van der Waals surface area contributed by atoms with Crippen LogP contribution in [0.3, 0.4) is 0 Å². The van der Waals surface area contributed by atoms with E-state index >= 15 is 0 Å². The van der Waals surface area contributed by atoms with Crippen LogP contribution in [0.5, 0.6) is 0 Å². The van der Waals surface area contributed by atoms with Crippen LogP contribution in [0, 0.1) is 11.6 Å². The molecule has 2 nitrogen and oxygen atoms in total. The molecule has 0 fully saturated rings. The van der Waals surface area contributed by atoms with Crippen molar-refractivity contribution in [1.29, 1.82) is 0 Å². The van der Waals surface area contributed by atoms with Gasteiger partial charge in [-0.2, -0.15) is 0 Å². The number of halogens is 2. The van der Waals surface area contributed by atoms with E-state index < -0.39 is 11.6 Å². The van der Waals surface area contributed by atoms with Crippen molar-refractivity contribution in [3.05, 3.63) is 65.2 Å². The summed E-state index contributed by atoms with van der Waals surface area (Å²) in [5.74, 6) is 3.94. The van der Waals surface area contributed by atoms with E-state index in [1.165, 1.54) is 6.07 Å². The van der Waals surface area contributed by atoms with Crippen molar-refractivity contribution in [2.45, 2.75) is 17.4 Å². The van der Waals surface area contributed by atoms with Crippen LogP contribution in [-0.2, 0) is 6.42 Å². The zero-order valence-electron chi connectivity index (χ0n) is 11.1. The van der Waals surface area contributed by atoms with E-state index in [0.29, 0.717) is 12.0 Å². The van der Waals surface area contributed by atoms with Gasteiger partial charge < -0.3 is 0 Å². The van der Waals surface area contributed by atoms with Gasteiger partial charge in [0.25, 0.3) is 0 Å². The standard InChI is InChI=1S/C15H16F2N2S/c1-20-15-5-3-2-4-11(15)14(19-18)9-10-6-7-12(16)13(17)8-10/h2-8,14,19H,9,18H2,1H3. The van der Waals surface area contributed by atoms with Crippen LogP contribution in [-0.4, -0.2) is 6.26 Å². The second-order valence-electron chi connectivity index (χ2n) is 4.41. The monoisotopic (exact) mass is 294 g/mol. The molecule has 0 aliphatic carbocycles. The topological polar surface area (TPSA) is 38.0 Å². The van der Waals surface area contributed by atoms with Gasteiger partial charge in [0, 0.05) is 4.90 Å². The summed E-state index contributed by atoms with van der Waals surface area (Å²) in [7, 11) is 0. The molecule has 0 radical (unpaired) electrons. The molecule has 0 amide bonds. The molecular weight excluding hydrogens is 278 g/mol. The van der Waals surface area contributed by atoms with Crippen molar-refractivity contribution in [3.8, 4) is 0 Å². The summed E-state index contributed by atoms with van der Waals surface area (Å²) < 4.78 is 26.2. The lowest BCUT2D eigenvalue weighted by Gasteiger charge is -2.19. The quantitative estimate of drug-likeness (QED) is 0.504. The van der Waals surface area contributed by atoms with Gasteiger partial charge in [-0.1, -0.05) is 24.3 Å². The van der Waals surface area contributed by atoms with Crippen LogP contribution in [0.1, 0.15) is 17.2 Å². The highest BCUT2D eigenvalue weighted by atomic mass is 32.2. The summed E-state index contributed by atoms with van der Waals surface area (Å²) in [5, 5.41) is 0. The van der Waals surface area contributed by atoms with Crippen LogP contribution in [0.25, 0.3) is 0 Å². The van der Waals surface area contributed by atoms with Gasteiger partial charge in [0.15, 0.2) is 11.6 Å². The van der Waals surface area contributed by atoms with Crippen LogP contribution in [0.4, 0.5) is 8.78 Å². The number of nitrogens with one attached hydrogen (secondary N) is 1. The molecule has 0 spiro atoms. The Labute approximate surface area is 121 Å². The maximum Gasteiger partial charge on any atom is 0.159 e. The van der Waals surface area contributed by atoms with Crippen LogP contribution in [0.15, 0.2) is 47.4 Å². The summed E-state index contributed by atoms with van der Waals surface area (Å²) in [4.78, 5) is 1.11. The Hall–Kier alpha value is -1.43. The molecule has 106 valence electrons. The van der Waals surface area contributed by atoms with Gasteiger partial charge in [-0.05, 0) is 42.0 Å². The lowest BCUT2D eigenvalue weighted by atomic mass is 9.99. The van der Waals surface area contributed by atoms with Gasteiger partial charge in [0.05, 0.1) is 6.04 Å². The summed E-state index contributed by atoms with van der Waals surface area (Å²) >= 11 is 1.63. The van der Waals surface area contributed by atoms with E-state index in [2.05, 4.69) is 5.43 Å². The first-order valence-electron chi connectivity index (χ1n) is 6.18. The molecular formula is C15H16F2N2S. The van der Waals surface area contributed by atoms with Gasteiger partial charge in [-0.3, -0.25) is 11.3 Å². The van der Waals surface area contributed by atoms with Crippen LogP contribution in [0.2, 0.25) is 0 Å². The van der Waals surface area contributed by atoms with Crippen molar-refractivity contribution < 1.29 is 8.78 Å². The molecule has 0 saturated heterocycles. The number of hydrazine groups is 1. The molecule has 0 aromatic heterocycles. The van der Waals surface area contributed by atoms with Crippen LogP contribution < -0.4 is 11.3 Å². The van der Waals surface area contributed by atoms with Crippen molar-refractivity contribution >= 4 is 11.8 Å². The third kappa shape index (κ3) is 3.36. The first-order chi connectivity index (χ1) is 9.65. The molecule has 0 bridgehead atoms. The zero-order valence-corrected chi connectivity index (χ0v) is 11.9. The average molecular weight is 294 g/mol. The molecule has 0 aliphatic heterocycles. The lowest BCUT2D eigenvalue weighted by molar-refractivity contribution is 0.502. The van der Waals surface area contributed by atoms with E-state index in [4.69, 9.17) is 5.84 Å². The molecule has 1 atom stereocenters. The normalized spacial score (nSPS) is 12.4. The Morgan fingerprint density at radius 3 is 2.55 bits per heavy atom. The minimum absolute atomic E-state index is 0.150. The Balaban J connectivity index is 2.26. The van der Waals surface area contributed by atoms with E-state index in [1.54, 1.807) is 17.8 Å². The SMILES string of the molecule is CSc1ccccc1C(Cc1ccc(F)c(F)c1)NN. The zero-order chi connectivity index (χ0) is 14.5. The number of rotatable bonds is 5. The number of hydrogen-bond acceptors (Lipinski definition) is 3. The number of hydrogen-bond donors (Lipinski definition) is 2. The maximum absolute atomic E-state index is 13.3. The van der Waals surface area contributed by atoms with E-state index in [-0.39, 0.29) is 6.04 Å². The minimum Gasteiger partial charge on any atom is -0.271 e. The molecule has 5 heteroatoms. The second-order valence-corrected chi connectivity index (χ2v) is 5.26. The highest BCUT2D eigenvalue weighted by molar-refractivity contribution is 7.98. The van der Waals surface area contributed by atoms with Crippen molar-refractivity contribution in [2.75, 3.05) is 6.26 Å². The first-order valence-corrected chi connectivity index (χ1v) is 7.41. The van der Waals surface area contributed by atoms with Crippen molar-refractivity contribution in [3.63, 3.8) is 0 Å². The molecule has 0 aliphatic rings. The van der Waals surface area contributed by atoms with Gasteiger partial charge in [-0.15, -0.1) is 11.8 Å². The summed E-state index contributed by atoms with van der Waals surface area (Å²) in [6, 6.07) is 11.7. The van der Waals surface area contributed by atoms with Crippen molar-refractivity contribution in [1.82, 2.24) is 5.43 Å². The highest BCUT2D eigenvalue weighted by Gasteiger charge is 2.15. The molecule has 1 unspecified atom stereocenters. The van der Waals surface area contributed by atoms with E-state index in [1.807, 2.05) is 30.5 Å². The molecule has 2 aromatic carbocycles. The van der Waals surface area contributed by atoms with Gasteiger partial charge in [-0.25, -0.2) is 8.78 Å². The third-order valence-electron chi connectivity index (χ3n) is 3.14. The maximum atomic E-state index is 13.3. The van der Waals surface area contributed by atoms with Gasteiger partial charge >= 0.3 is 0 Å². The molecule has 2 aromatic rings. The van der Waals surface area contributed by atoms with Crippen LogP contribution >= 0.6 is 11.8 Å². The fraction of sp³-hybridized carbons (Fsp3) is 0.200. The summed E-state index contributed by atoms with van der Waals surface area (Å²) in [6.07, 6.45) is 2.48. The third-order valence-corrected chi connectivity index (χ3v) is 3.95. The molecule has 0 heterocycles. The Bertz CT molecular complexity index is 590. The minimum atomic E-state index is -0.837. The number of thioether (sulfide) groups is 1. The lowest BCUT2D eigenvalue weighted by Crippen LogP contribution is -2.30. The molecule has 20 heavy (non-hydrogen) atoms. The summed E-state index contributed by atoms with van der Waals surface area (Å²) in [5.41, 5.74) is 4.49. The Morgan fingerprint density at radius 1 is 1.15 bits per heavy atom. The van der Waals surface area contributed by atoms with E-state index in [0.717, 1.165) is 16.5 Å². The predicted octanol–water partition coefficient (Wildman–Crippen LogP) is 3.43. The Kier molecular flexibility index (Phi) is 5.11. The fourth-order valence-electron chi connectivity index (χ4n) is 2.12. The number of benzene rings is 2. The molecule has 0 saturated carbocycles. The summed E-state index contributed by atoms with van der Waals surface area (Å²) in [6.45, 7) is 0. The molecule has 3 N–H and O–H groups in total. The molecule has 2 rings (SSSR count). The predicted molar refractivity (Wildman–Crippen MR) is 78.3 cm³/mol. The average Bonchev–Trinajstić information content (AvgIpc) is 2.48. The highest BCUT2D eigenvalue weighted by Crippen LogP contribution is 2.27. The smallest absolute Gasteiger partial charge is 0.159 e. The van der Waals surface area contributed by atoms with Gasteiger partial charge in [0.2, 0.25) is 0 Å². The first kappa shape index (κ1) is 15.0. The Morgan fingerprint density at radius 2 is 1.90 bits per heavy atom. The van der Waals surface area contributed by atoms with Crippen molar-refractivity contribution in [2.24, 2.45) is 5.84 Å². The fourth-order valence-corrected chi connectivity index (χ4v) is 2.78. The second kappa shape index (κ2) is 6.83. The van der Waals surface area contributed by atoms with Gasteiger partial charge in [0.1, 0.15) is 0 Å².